The summed E-state index contributed by atoms with van der Waals surface area (Å²) in [5, 5.41) is 14.2. The van der Waals surface area contributed by atoms with E-state index in [1.807, 2.05) is 24.3 Å². The van der Waals surface area contributed by atoms with Gasteiger partial charge in [0.05, 0.1) is 15.9 Å². The van der Waals surface area contributed by atoms with Gasteiger partial charge in [0.1, 0.15) is 11.6 Å². The zero-order chi connectivity index (χ0) is 43.6. The third kappa shape index (κ3) is 21.2. The first-order valence-corrected chi connectivity index (χ1v) is 26.3. The normalized spacial score (nSPS) is 13.2. The molecule has 60 heavy (non-hydrogen) atoms. The van der Waals surface area contributed by atoms with Gasteiger partial charge >= 0.3 is 15.2 Å². The van der Waals surface area contributed by atoms with Crippen molar-refractivity contribution in [1.29, 1.82) is 0 Å². The largest absolute Gasteiger partial charge is 0.370 e. The number of para-hydroxylation sites is 1. The van der Waals surface area contributed by atoms with Crippen molar-refractivity contribution in [1.82, 2.24) is 15.6 Å². The van der Waals surface area contributed by atoms with Crippen LogP contribution in [0.1, 0.15) is 155 Å². The van der Waals surface area contributed by atoms with Crippen LogP contribution >= 0.6 is 26.5 Å². The highest BCUT2D eigenvalue weighted by Crippen LogP contribution is 2.43. The maximum Gasteiger partial charge on any atom is 0.347 e. The van der Waals surface area contributed by atoms with Crippen molar-refractivity contribution in [2.75, 3.05) is 18.0 Å². The molecule has 0 fully saturated rings. The predicted molar refractivity (Wildman–Crippen MR) is 243 cm³/mol. The van der Waals surface area contributed by atoms with Crippen LogP contribution in [0.2, 0.25) is 0 Å². The van der Waals surface area contributed by atoms with Crippen LogP contribution in [0.25, 0.3) is 10.2 Å². The number of carbonyl (C=O) groups excluding carboxylic acids is 2. The van der Waals surface area contributed by atoms with Crippen LogP contribution in [0.5, 0.6) is 0 Å². The highest BCUT2D eigenvalue weighted by molar-refractivity contribution is 7.52. The molecule has 0 aliphatic heterocycles. The number of azo groups is 1. The van der Waals surface area contributed by atoms with E-state index in [4.69, 9.17) is 0 Å². The Morgan fingerprint density at radius 1 is 0.633 bits per heavy atom. The van der Waals surface area contributed by atoms with Crippen molar-refractivity contribution in [2.24, 2.45) is 10.2 Å². The summed E-state index contributed by atoms with van der Waals surface area (Å²) in [4.78, 5) is 72.8. The summed E-state index contributed by atoms with van der Waals surface area (Å²) in [6.45, 7) is 4.58. The number of amides is 2. The molecule has 0 radical (unpaired) electrons. The Balaban J connectivity index is 1.61. The van der Waals surface area contributed by atoms with Gasteiger partial charge in [0, 0.05) is 31.6 Å². The van der Waals surface area contributed by atoms with Gasteiger partial charge in [0.2, 0.25) is 16.9 Å². The van der Waals surface area contributed by atoms with E-state index in [-0.39, 0.29) is 38.8 Å². The van der Waals surface area contributed by atoms with Gasteiger partial charge in [-0.15, -0.1) is 10.2 Å². The average molecular weight is 893 g/mol. The molecule has 0 saturated carbocycles. The Hall–Kier alpha value is -3.03. The molecule has 2 amide bonds. The molecule has 336 valence electrons. The van der Waals surface area contributed by atoms with Crippen molar-refractivity contribution in [3.63, 3.8) is 0 Å². The highest BCUT2D eigenvalue weighted by atomic mass is 32.1. The molecule has 3 rings (SSSR count). The Morgan fingerprint density at radius 2 is 1.07 bits per heavy atom. The molecular formula is C43H70N6O8P2S. The number of rotatable bonds is 33. The number of nitrogens with zero attached hydrogens (tertiary/aromatic N) is 4. The quantitative estimate of drug-likeness (QED) is 0.0193. The lowest BCUT2D eigenvalue weighted by molar-refractivity contribution is -0.121. The number of benzene rings is 2. The summed E-state index contributed by atoms with van der Waals surface area (Å²) in [6.07, 6.45) is 19.1. The summed E-state index contributed by atoms with van der Waals surface area (Å²) in [6, 6.07) is 14.7. The van der Waals surface area contributed by atoms with Crippen LogP contribution < -0.4 is 15.5 Å². The minimum Gasteiger partial charge on any atom is -0.370 e. The van der Waals surface area contributed by atoms with E-state index in [0.29, 0.717) is 29.3 Å². The number of fused-ring (bicyclic) bond motifs is 1. The first kappa shape index (κ1) is 51.3. The number of thiazole rings is 1. The number of carbonyl (C=O) groups is 2. The molecule has 1 aromatic heterocycles. The van der Waals surface area contributed by atoms with Crippen molar-refractivity contribution >= 4 is 65.1 Å². The predicted octanol–water partition coefficient (Wildman–Crippen LogP) is 11.4. The number of nitrogens with one attached hydrogen (secondary N) is 2. The Labute approximate surface area is 361 Å². The fraction of sp³-hybridized carbons (Fsp3) is 0.651. The molecule has 0 bridgehead atoms. The molecule has 1 heterocycles. The van der Waals surface area contributed by atoms with Gasteiger partial charge in [-0.25, -0.2) is 4.98 Å². The lowest BCUT2D eigenvalue weighted by Crippen LogP contribution is -2.39. The second kappa shape index (κ2) is 28.5. The maximum atomic E-state index is 13.2. The van der Waals surface area contributed by atoms with Crippen LogP contribution in [0, 0.1) is 0 Å². The number of unbranched alkanes of at least 4 members (excludes halogenated alkanes) is 16. The standard InChI is InChI=1S/C43H70N6O8P2S/c1-3-5-7-9-11-13-15-17-19-25-41(58(52,53)54)45-39(50)31-33-49(36-29-27-35(28-30-36)47-48-43-44-37-23-21-22-24-38(37)60-43)34-32-40(51)46-42(59(55,56)57)26-20-18-16-14-12-10-8-6-4-2/h21-24,27-30,41-42H,3-20,25-26,31-34H2,1-2H3,(H,45,50)(H,46,51)(H2,52,53,54)(H2,55,56,57)/b48-47+. The third-order valence-corrected chi connectivity index (χ3v) is 13.9. The molecule has 0 saturated heterocycles. The van der Waals surface area contributed by atoms with E-state index in [1.165, 1.54) is 62.7 Å². The molecule has 0 aliphatic carbocycles. The monoisotopic (exact) mass is 892 g/mol. The van der Waals surface area contributed by atoms with E-state index in [0.717, 1.165) is 61.6 Å². The van der Waals surface area contributed by atoms with Gasteiger partial charge in [-0.05, 0) is 49.2 Å². The second-order valence-electron chi connectivity index (χ2n) is 15.7. The Bertz CT molecular complexity index is 1700. The maximum absolute atomic E-state index is 13.2. The van der Waals surface area contributed by atoms with Gasteiger partial charge in [0.25, 0.3) is 0 Å². The van der Waals surface area contributed by atoms with Gasteiger partial charge in [-0.2, -0.15) is 0 Å². The smallest absolute Gasteiger partial charge is 0.347 e. The van der Waals surface area contributed by atoms with E-state index in [2.05, 4.69) is 39.7 Å². The van der Waals surface area contributed by atoms with Crippen LogP contribution in [0.4, 0.5) is 16.5 Å². The molecule has 3 aromatic rings. The fourth-order valence-electron chi connectivity index (χ4n) is 7.04. The summed E-state index contributed by atoms with van der Waals surface area (Å²) in [7, 11) is -9.22. The van der Waals surface area contributed by atoms with Crippen molar-refractivity contribution in [3.8, 4) is 0 Å². The van der Waals surface area contributed by atoms with E-state index in [1.54, 1.807) is 29.2 Å². The van der Waals surface area contributed by atoms with E-state index < -0.39 is 38.6 Å². The highest BCUT2D eigenvalue weighted by Gasteiger charge is 2.31. The van der Waals surface area contributed by atoms with Crippen LogP contribution in [-0.2, 0) is 18.7 Å². The molecule has 0 aliphatic rings. The number of hydrogen-bond acceptors (Lipinski definition) is 9. The lowest BCUT2D eigenvalue weighted by Gasteiger charge is -2.26. The van der Waals surface area contributed by atoms with Crippen molar-refractivity contribution in [2.45, 2.75) is 167 Å². The zero-order valence-electron chi connectivity index (χ0n) is 35.8. The average Bonchev–Trinajstić information content (AvgIpc) is 3.63. The molecule has 0 spiro atoms. The van der Waals surface area contributed by atoms with Gasteiger partial charge in [0.15, 0.2) is 0 Å². The summed E-state index contributed by atoms with van der Waals surface area (Å²) in [5.74, 6) is -3.64. The van der Waals surface area contributed by atoms with Crippen molar-refractivity contribution in [3.05, 3.63) is 48.5 Å². The molecule has 2 atom stereocenters. The lowest BCUT2D eigenvalue weighted by atomic mass is 10.1. The summed E-state index contributed by atoms with van der Waals surface area (Å²) in [5.41, 5.74) is 2.04. The fourth-order valence-corrected chi connectivity index (χ4v) is 9.49. The second-order valence-corrected chi connectivity index (χ2v) is 20.4. The Kier molecular flexibility index (Phi) is 24.4. The molecule has 6 N–H and O–H groups in total. The summed E-state index contributed by atoms with van der Waals surface area (Å²) >= 11 is 1.42. The topological polar surface area (TPSA) is 214 Å². The van der Waals surface area contributed by atoms with E-state index in [9.17, 15) is 38.3 Å². The van der Waals surface area contributed by atoms with Crippen LogP contribution in [-0.4, -0.2) is 61.0 Å². The zero-order valence-corrected chi connectivity index (χ0v) is 38.4. The Morgan fingerprint density at radius 3 is 1.50 bits per heavy atom. The van der Waals surface area contributed by atoms with Gasteiger partial charge in [-0.3, -0.25) is 18.7 Å². The molecular weight excluding hydrogens is 823 g/mol. The summed E-state index contributed by atoms with van der Waals surface area (Å²) < 4.78 is 25.7. The molecule has 17 heteroatoms. The third-order valence-electron chi connectivity index (χ3n) is 10.6. The van der Waals surface area contributed by atoms with Gasteiger partial charge in [-0.1, -0.05) is 153 Å². The van der Waals surface area contributed by atoms with Gasteiger partial charge < -0.3 is 35.1 Å². The molecule has 2 unspecified atom stereocenters. The number of anilines is 1. The first-order valence-electron chi connectivity index (χ1n) is 22.1. The van der Waals surface area contributed by atoms with Crippen LogP contribution in [0.3, 0.4) is 0 Å². The SMILES string of the molecule is CCCCCCCCCCCC(NC(=O)CCN(CCC(=O)NC(CCCCCCCCCCC)P(=O)(O)O)c1ccc(/N=N/c2nc3ccccc3s2)cc1)P(=O)(O)O. The molecule has 14 nitrogen and oxygen atoms in total. The number of aromatic nitrogens is 1. The minimum atomic E-state index is -4.61. The van der Waals surface area contributed by atoms with E-state index >= 15 is 0 Å². The first-order chi connectivity index (χ1) is 28.8. The van der Waals surface area contributed by atoms with Crippen LogP contribution in [0.15, 0.2) is 58.8 Å². The number of hydrogen-bond donors (Lipinski definition) is 6. The molecule has 2 aromatic carbocycles. The van der Waals surface area contributed by atoms with Crippen molar-refractivity contribution < 1.29 is 38.3 Å². The minimum absolute atomic E-state index is 0.109.